The smallest absolute Gasteiger partial charge is 0.355 e. The molecule has 0 atom stereocenters. The third-order valence-electron chi connectivity index (χ3n) is 10.2. The second-order valence-electron chi connectivity index (χ2n) is 13.9. The number of fused-ring (bicyclic) bond motifs is 8. The van der Waals surface area contributed by atoms with Crippen LogP contribution >= 0.6 is 0 Å². The number of imidazole rings is 4. The quantitative estimate of drug-likeness (QED) is 0.286. The van der Waals surface area contributed by atoms with E-state index in [1.807, 2.05) is 0 Å². The van der Waals surface area contributed by atoms with Crippen LogP contribution in [0.25, 0.3) is 86.5 Å². The molecule has 12 heteroatoms. The number of aromatic nitrogens is 12. The summed E-state index contributed by atoms with van der Waals surface area (Å²) in [5.41, 5.74) is 10.6. The molecule has 52 heavy (non-hydrogen) atoms. The van der Waals surface area contributed by atoms with E-state index in [9.17, 15) is 0 Å². The third-order valence-corrected chi connectivity index (χ3v) is 10.2. The SMILES string of the molecule is Cn1cc[n+](C)c1-c1c(-c2n(C)cc[n+]2C)c2c(-c3n(C)cc[n+]3C)c3nc(cc4ccc(cc5nc(cc1n2-c1n(C)cc[n+]1C)C=C5)[nH]4)C=C3. The van der Waals surface area contributed by atoms with Crippen molar-refractivity contribution in [2.75, 3.05) is 0 Å². The third kappa shape index (κ3) is 4.74. The molecule has 0 fully saturated rings. The van der Waals surface area contributed by atoms with Crippen LogP contribution in [0.15, 0.2) is 79.9 Å². The molecular formula is C40H42N12+4. The van der Waals surface area contributed by atoms with Crippen molar-refractivity contribution in [2.45, 2.75) is 0 Å². The van der Waals surface area contributed by atoms with Crippen LogP contribution in [0.3, 0.4) is 0 Å². The fourth-order valence-electron chi connectivity index (χ4n) is 7.89. The zero-order valence-corrected chi connectivity index (χ0v) is 30.7. The fraction of sp³-hybridized carbons (Fsp3) is 0.200. The Morgan fingerprint density at radius 1 is 0.519 bits per heavy atom. The Hall–Kier alpha value is -6.56. The fourth-order valence-corrected chi connectivity index (χ4v) is 7.89. The van der Waals surface area contributed by atoms with Gasteiger partial charge >= 0.3 is 5.95 Å². The first-order valence-corrected chi connectivity index (χ1v) is 17.3. The first kappa shape index (κ1) is 31.4. The van der Waals surface area contributed by atoms with Crippen LogP contribution in [-0.2, 0) is 56.4 Å². The minimum atomic E-state index is 0.861. The minimum absolute atomic E-state index is 0.861. The molecule has 2 aliphatic heterocycles. The molecule has 12 nitrogen and oxygen atoms in total. The molecule has 8 bridgehead atoms. The van der Waals surface area contributed by atoms with Gasteiger partial charge in [0.25, 0.3) is 17.5 Å². The zero-order valence-electron chi connectivity index (χ0n) is 30.7. The summed E-state index contributed by atoms with van der Waals surface area (Å²) in [6, 6.07) is 10.6. The minimum Gasteiger partial charge on any atom is -0.355 e. The number of aromatic amines is 1. The molecule has 9 rings (SSSR count). The lowest BCUT2D eigenvalue weighted by Gasteiger charge is -2.07. The molecule has 7 aromatic heterocycles. The normalized spacial score (nSPS) is 12.5. The number of nitrogens with one attached hydrogen (secondary N) is 1. The summed E-state index contributed by atoms with van der Waals surface area (Å²) in [7, 11) is 16.9. The Morgan fingerprint density at radius 2 is 1.00 bits per heavy atom. The molecule has 7 aromatic rings. The summed E-state index contributed by atoms with van der Waals surface area (Å²) in [5, 5.41) is 0. The van der Waals surface area contributed by atoms with Gasteiger partial charge in [-0.2, -0.15) is 4.57 Å². The lowest BCUT2D eigenvalue weighted by molar-refractivity contribution is -0.664. The van der Waals surface area contributed by atoms with Crippen LogP contribution < -0.4 is 18.3 Å². The second kappa shape index (κ2) is 11.5. The predicted octanol–water partition coefficient (Wildman–Crippen LogP) is 3.77. The van der Waals surface area contributed by atoms with Gasteiger partial charge in [-0.05, 0) is 48.6 Å². The van der Waals surface area contributed by atoms with Gasteiger partial charge in [0, 0.05) is 17.1 Å². The molecule has 1 N–H and O–H groups in total. The van der Waals surface area contributed by atoms with Crippen molar-refractivity contribution in [3.8, 4) is 40.1 Å². The molecule has 0 aromatic carbocycles. The van der Waals surface area contributed by atoms with Crippen LogP contribution in [0.2, 0.25) is 0 Å². The van der Waals surface area contributed by atoms with E-state index in [0.29, 0.717) is 0 Å². The lowest BCUT2D eigenvalue weighted by atomic mass is 10.0. The maximum absolute atomic E-state index is 5.38. The zero-order chi connectivity index (χ0) is 36.0. The van der Waals surface area contributed by atoms with Crippen molar-refractivity contribution in [1.82, 2.24) is 37.8 Å². The number of rotatable bonds is 4. The van der Waals surface area contributed by atoms with Crippen LogP contribution in [0.1, 0.15) is 22.8 Å². The summed E-state index contributed by atoms with van der Waals surface area (Å²) < 4.78 is 20.0. The molecule has 0 aliphatic carbocycles. The molecule has 0 saturated heterocycles. The number of nitrogens with zero attached hydrogens (tertiary/aromatic N) is 11. The Morgan fingerprint density at radius 3 is 1.54 bits per heavy atom. The van der Waals surface area contributed by atoms with Gasteiger partial charge in [-0.15, -0.1) is 0 Å². The summed E-state index contributed by atoms with van der Waals surface area (Å²) in [5.74, 6) is 4.09. The van der Waals surface area contributed by atoms with Crippen molar-refractivity contribution < 1.29 is 18.3 Å². The molecule has 2 aliphatic rings. The van der Waals surface area contributed by atoms with E-state index in [1.165, 1.54) is 0 Å². The van der Waals surface area contributed by atoms with Gasteiger partial charge in [0.05, 0.1) is 91.6 Å². The van der Waals surface area contributed by atoms with E-state index in [0.717, 1.165) is 85.0 Å². The van der Waals surface area contributed by atoms with Gasteiger partial charge in [0.1, 0.15) is 64.9 Å². The monoisotopic (exact) mass is 690 g/mol. The number of H-pyrrole nitrogens is 1. The standard InChI is InChI=1S/C40H41N12/c1-44-15-16-45(2)37(44)33-31-14-13-29(43-31)24-28-10-9-26(41-28)23-27-11-12-30(42-27)25-32-34(38-46(3)17-18-47(38)4)35(39-48(5)19-20-49(39)6)36(33)52(32)40-50(7)21-22-51(40)8/h9-25H,1-8H3/q+3/p+1. The van der Waals surface area contributed by atoms with Crippen LogP contribution in [-0.4, -0.2) is 37.8 Å². The van der Waals surface area contributed by atoms with E-state index in [1.54, 1.807) is 0 Å². The Bertz CT molecular complexity index is 2760. The molecule has 0 spiro atoms. The average molecular weight is 691 g/mol. The van der Waals surface area contributed by atoms with Gasteiger partial charge in [-0.1, -0.05) is 0 Å². The van der Waals surface area contributed by atoms with E-state index in [-0.39, 0.29) is 0 Å². The van der Waals surface area contributed by atoms with Crippen LogP contribution in [0, 0.1) is 0 Å². The van der Waals surface area contributed by atoms with E-state index < -0.39 is 0 Å². The summed E-state index contributed by atoms with van der Waals surface area (Å²) in [4.78, 5) is 14.1. The first-order valence-electron chi connectivity index (χ1n) is 17.3. The van der Waals surface area contributed by atoms with Gasteiger partial charge in [-0.3, -0.25) is 0 Å². The van der Waals surface area contributed by atoms with Crippen molar-refractivity contribution in [3.05, 3.63) is 103 Å². The molecule has 0 radical (unpaired) electrons. The highest BCUT2D eigenvalue weighted by molar-refractivity contribution is 6.07. The second-order valence-corrected chi connectivity index (χ2v) is 13.9. The summed E-state index contributed by atoms with van der Waals surface area (Å²) >= 11 is 0. The first-order chi connectivity index (χ1) is 25.1. The van der Waals surface area contributed by atoms with Crippen molar-refractivity contribution >= 4 is 46.4 Å². The summed E-state index contributed by atoms with van der Waals surface area (Å²) in [6.45, 7) is 0. The predicted molar refractivity (Wildman–Crippen MR) is 201 cm³/mol. The molecule has 0 unspecified atom stereocenters. The Kier molecular flexibility index (Phi) is 6.94. The van der Waals surface area contributed by atoms with Crippen molar-refractivity contribution in [2.24, 2.45) is 56.4 Å². The highest BCUT2D eigenvalue weighted by Gasteiger charge is 2.41. The Balaban J connectivity index is 1.68. The molecular weight excluding hydrogens is 649 g/mol. The Labute approximate surface area is 301 Å². The highest BCUT2D eigenvalue weighted by Crippen LogP contribution is 2.44. The van der Waals surface area contributed by atoms with Gasteiger partial charge in [0.2, 0.25) is 0 Å². The van der Waals surface area contributed by atoms with Gasteiger partial charge in [0.15, 0.2) is 0 Å². The van der Waals surface area contributed by atoms with E-state index in [2.05, 4.69) is 207 Å². The largest absolute Gasteiger partial charge is 0.369 e. The maximum atomic E-state index is 5.38. The maximum Gasteiger partial charge on any atom is 0.369 e. The molecule has 0 saturated carbocycles. The average Bonchev–Trinajstić information content (AvgIpc) is 3.99. The van der Waals surface area contributed by atoms with Gasteiger partial charge < -0.3 is 4.98 Å². The van der Waals surface area contributed by atoms with E-state index in [4.69, 9.17) is 9.97 Å². The van der Waals surface area contributed by atoms with Crippen molar-refractivity contribution in [1.29, 1.82) is 0 Å². The van der Waals surface area contributed by atoms with Crippen LogP contribution in [0.4, 0.5) is 0 Å². The highest BCUT2D eigenvalue weighted by atomic mass is 15.3. The summed E-state index contributed by atoms with van der Waals surface area (Å²) in [6.07, 6.45) is 25.3. The van der Waals surface area contributed by atoms with Crippen LogP contribution in [0.5, 0.6) is 0 Å². The van der Waals surface area contributed by atoms with E-state index >= 15 is 0 Å². The molecule has 0 amide bonds. The molecule has 258 valence electrons. The topological polar surface area (TPSA) is 81.7 Å². The molecule has 9 heterocycles. The lowest BCUT2D eigenvalue weighted by Crippen LogP contribution is -2.33. The van der Waals surface area contributed by atoms with Crippen molar-refractivity contribution in [3.63, 3.8) is 0 Å². The number of hydrogen-bond donors (Lipinski definition) is 1. The number of aryl methyl sites for hydroxylation is 8. The van der Waals surface area contributed by atoms with Gasteiger partial charge in [-0.25, -0.2) is 46.5 Å². The number of hydrogen-bond acceptors (Lipinski definition) is 2.